The van der Waals surface area contributed by atoms with E-state index in [0.29, 0.717) is 0 Å². The number of hydrogen-bond donors (Lipinski definition) is 2. The van der Waals surface area contributed by atoms with E-state index in [0.717, 1.165) is 8.61 Å². The molecule has 2 N–H and O–H groups in total. The Balaban J connectivity index is 1.76. The Kier molecular flexibility index (Phi) is 4.18. The van der Waals surface area contributed by atoms with Crippen molar-refractivity contribution < 1.29 is 21.6 Å². The van der Waals surface area contributed by atoms with Gasteiger partial charge in [-0.05, 0) is 24.3 Å². The van der Waals surface area contributed by atoms with E-state index in [4.69, 9.17) is 0 Å². The maximum absolute atomic E-state index is 13.0. The van der Waals surface area contributed by atoms with Gasteiger partial charge in [-0.3, -0.25) is 0 Å². The van der Waals surface area contributed by atoms with E-state index in [-0.39, 0.29) is 9.79 Å². The summed E-state index contributed by atoms with van der Waals surface area (Å²) >= 11 is 0. The van der Waals surface area contributed by atoms with Crippen molar-refractivity contribution in [3.05, 3.63) is 60.7 Å². The third kappa shape index (κ3) is 2.88. The zero-order valence-corrected chi connectivity index (χ0v) is 15.5. The van der Waals surface area contributed by atoms with Crippen molar-refractivity contribution in [3.63, 3.8) is 0 Å². The molecule has 0 radical (unpaired) electrons. The normalized spacial score (nSPS) is 23.6. The average molecular weight is 408 g/mol. The Morgan fingerprint density at radius 3 is 1.44 bits per heavy atom. The molecule has 2 aromatic rings. The summed E-state index contributed by atoms with van der Waals surface area (Å²) in [7, 11) is -8.04. The predicted octanol–water partition coefficient (Wildman–Crippen LogP) is 0.304. The lowest BCUT2D eigenvalue weighted by Gasteiger charge is -2.21. The molecule has 2 aromatic carbocycles. The van der Waals surface area contributed by atoms with Crippen LogP contribution in [-0.4, -0.2) is 50.5 Å². The molecule has 0 aromatic heterocycles. The number of fused-ring (bicyclic) bond motifs is 1. The highest BCUT2D eigenvalue weighted by Crippen LogP contribution is 2.31. The van der Waals surface area contributed by atoms with Crippen molar-refractivity contribution in [1.29, 1.82) is 0 Å². The lowest BCUT2D eigenvalue weighted by atomic mass is 10.4. The highest BCUT2D eigenvalue weighted by atomic mass is 32.2. The van der Waals surface area contributed by atoms with Gasteiger partial charge in [0.1, 0.15) is 12.3 Å². The minimum atomic E-state index is -4.02. The van der Waals surface area contributed by atoms with Gasteiger partial charge in [0, 0.05) is 0 Å². The van der Waals surface area contributed by atoms with Gasteiger partial charge in [0.05, 0.1) is 16.5 Å². The average Bonchev–Trinajstić information content (AvgIpc) is 3.20. The topological polar surface area (TPSA) is 116 Å². The van der Waals surface area contributed by atoms with E-state index < -0.39 is 45.1 Å². The zero-order valence-electron chi connectivity index (χ0n) is 13.9. The molecule has 0 saturated carbocycles. The van der Waals surface area contributed by atoms with Crippen LogP contribution in [-0.2, 0) is 20.0 Å². The van der Waals surface area contributed by atoms with Crippen molar-refractivity contribution >= 4 is 26.1 Å². The Morgan fingerprint density at radius 2 is 1.07 bits per heavy atom. The molecule has 2 fully saturated rings. The molecule has 4 rings (SSSR count). The molecule has 27 heavy (non-hydrogen) atoms. The van der Waals surface area contributed by atoms with Crippen LogP contribution in [0.3, 0.4) is 0 Å². The monoisotopic (exact) mass is 408 g/mol. The fraction of sp³-hybridized carbons (Fsp3) is 0.188. The van der Waals surface area contributed by atoms with Crippen LogP contribution in [0.1, 0.15) is 0 Å². The van der Waals surface area contributed by atoms with Gasteiger partial charge in [0.15, 0.2) is 0 Å². The van der Waals surface area contributed by atoms with E-state index in [9.17, 15) is 21.6 Å². The first-order chi connectivity index (χ1) is 12.8. The summed E-state index contributed by atoms with van der Waals surface area (Å²) < 4.78 is 54.0. The zero-order chi connectivity index (χ0) is 19.2. The summed E-state index contributed by atoms with van der Waals surface area (Å²) in [6, 6.07) is 14.7. The minimum Gasteiger partial charge on any atom is -0.318 e. The highest BCUT2D eigenvalue weighted by molar-refractivity contribution is 7.90. The molecule has 142 valence electrons. The molecule has 2 heterocycles. The third-order valence-corrected chi connectivity index (χ3v) is 8.11. The number of urea groups is 1. The van der Waals surface area contributed by atoms with Crippen LogP contribution >= 0.6 is 0 Å². The number of benzene rings is 2. The molecule has 0 bridgehead atoms. The lowest BCUT2D eigenvalue weighted by molar-refractivity contribution is 0.239. The van der Waals surface area contributed by atoms with Gasteiger partial charge in [-0.2, -0.15) is 8.61 Å². The Morgan fingerprint density at radius 1 is 0.704 bits per heavy atom. The van der Waals surface area contributed by atoms with Gasteiger partial charge in [-0.25, -0.2) is 21.6 Å². The standard InChI is InChI=1S/C16H16N4O5S2/c21-16-17-14-15(18-16)20(27(24,25)13-9-5-2-6-10-13)11-19(14)26(22,23)12-7-3-1-4-8-12/h1-10,14-15H,11H2,(H2,17,18,21)/t14-,15+. The second kappa shape index (κ2) is 6.30. The fourth-order valence-electron chi connectivity index (χ4n) is 3.15. The van der Waals surface area contributed by atoms with Crippen molar-refractivity contribution in [2.24, 2.45) is 0 Å². The van der Waals surface area contributed by atoms with Crippen LogP contribution in [0.5, 0.6) is 0 Å². The number of hydrogen-bond acceptors (Lipinski definition) is 5. The molecule has 2 aliphatic heterocycles. The predicted molar refractivity (Wildman–Crippen MR) is 95.0 cm³/mol. The number of carbonyl (C=O) groups is 1. The molecule has 2 saturated heterocycles. The molecule has 2 amide bonds. The lowest BCUT2D eigenvalue weighted by Crippen LogP contribution is -2.46. The number of carbonyl (C=O) groups excluding carboxylic acids is 1. The number of rotatable bonds is 4. The third-order valence-electron chi connectivity index (χ3n) is 4.46. The van der Waals surface area contributed by atoms with E-state index in [2.05, 4.69) is 10.6 Å². The molecule has 9 nitrogen and oxygen atoms in total. The van der Waals surface area contributed by atoms with Crippen molar-refractivity contribution in [3.8, 4) is 0 Å². The second-order valence-electron chi connectivity index (χ2n) is 6.06. The summed E-state index contributed by atoms with van der Waals surface area (Å²) in [4.78, 5) is 11.8. The number of nitrogens with zero attached hydrogens (tertiary/aromatic N) is 2. The number of sulfonamides is 2. The van der Waals surface area contributed by atoms with Crippen molar-refractivity contribution in [2.75, 3.05) is 6.67 Å². The maximum Gasteiger partial charge on any atom is 0.317 e. The summed E-state index contributed by atoms with van der Waals surface area (Å²) in [5, 5.41) is 4.97. The van der Waals surface area contributed by atoms with Gasteiger partial charge in [0.2, 0.25) is 20.0 Å². The van der Waals surface area contributed by atoms with E-state index in [1.54, 1.807) is 36.4 Å². The minimum absolute atomic E-state index is 0.0175. The number of nitrogens with one attached hydrogen (secondary N) is 2. The van der Waals surface area contributed by atoms with Crippen LogP contribution in [0.25, 0.3) is 0 Å². The fourth-order valence-corrected chi connectivity index (χ4v) is 6.25. The molecular weight excluding hydrogens is 392 g/mol. The highest BCUT2D eigenvalue weighted by Gasteiger charge is 2.55. The first-order valence-electron chi connectivity index (χ1n) is 8.03. The van der Waals surface area contributed by atoms with Crippen LogP contribution in [0.15, 0.2) is 70.5 Å². The maximum atomic E-state index is 13.0. The molecule has 0 spiro atoms. The van der Waals surface area contributed by atoms with E-state index >= 15 is 0 Å². The first-order valence-corrected chi connectivity index (χ1v) is 10.9. The molecule has 2 aliphatic rings. The Labute approximate surface area is 156 Å². The van der Waals surface area contributed by atoms with Crippen LogP contribution < -0.4 is 10.6 Å². The smallest absolute Gasteiger partial charge is 0.317 e. The molecular formula is C16H16N4O5S2. The first kappa shape index (κ1) is 17.9. The second-order valence-corrected chi connectivity index (χ2v) is 9.84. The Hall–Kier alpha value is -2.47. The van der Waals surface area contributed by atoms with Crippen LogP contribution in [0, 0.1) is 0 Å². The van der Waals surface area contributed by atoms with Crippen molar-refractivity contribution in [1.82, 2.24) is 19.2 Å². The summed E-state index contributed by atoms with van der Waals surface area (Å²) in [5.41, 5.74) is 0. The van der Waals surface area contributed by atoms with Crippen LogP contribution in [0.2, 0.25) is 0 Å². The van der Waals surface area contributed by atoms with Gasteiger partial charge >= 0.3 is 6.03 Å². The van der Waals surface area contributed by atoms with Crippen LogP contribution in [0.4, 0.5) is 4.79 Å². The molecule has 0 aliphatic carbocycles. The SMILES string of the molecule is O=C1N[C@@H]2[C@H](N1)N(S(=O)(=O)c1ccccc1)CN2S(=O)(=O)c1ccccc1. The molecule has 2 atom stereocenters. The van der Waals surface area contributed by atoms with Crippen molar-refractivity contribution in [2.45, 2.75) is 22.1 Å². The van der Waals surface area contributed by atoms with E-state index in [1.807, 2.05) is 0 Å². The van der Waals surface area contributed by atoms with E-state index in [1.165, 1.54) is 24.3 Å². The molecule has 0 unspecified atom stereocenters. The molecule has 11 heteroatoms. The van der Waals surface area contributed by atoms with Gasteiger partial charge < -0.3 is 10.6 Å². The summed E-state index contributed by atoms with van der Waals surface area (Å²) in [5.74, 6) is 0. The van der Waals surface area contributed by atoms with Gasteiger partial charge in [-0.1, -0.05) is 36.4 Å². The van der Waals surface area contributed by atoms with Gasteiger partial charge in [-0.15, -0.1) is 0 Å². The number of amides is 2. The summed E-state index contributed by atoms with van der Waals surface area (Å²) in [6.45, 7) is -0.420. The summed E-state index contributed by atoms with van der Waals surface area (Å²) in [6.07, 6.45) is -2.08. The quantitative estimate of drug-likeness (QED) is 0.755. The Bertz CT molecular complexity index is 989. The largest absolute Gasteiger partial charge is 0.318 e. The van der Waals surface area contributed by atoms with Gasteiger partial charge in [0.25, 0.3) is 0 Å².